The maximum atomic E-state index is 5.41. The molecule has 0 unspecified atom stereocenters. The van der Waals surface area contributed by atoms with E-state index in [9.17, 15) is 0 Å². The second kappa shape index (κ2) is 7.60. The second-order valence-electron chi connectivity index (χ2n) is 6.35. The number of hydrogen-bond acceptors (Lipinski definition) is 8. The van der Waals surface area contributed by atoms with E-state index < -0.39 is 0 Å². The topological polar surface area (TPSA) is 79.3 Å². The van der Waals surface area contributed by atoms with E-state index in [1.54, 1.807) is 18.7 Å². The summed E-state index contributed by atoms with van der Waals surface area (Å²) in [4.78, 5) is 21.9. The fourth-order valence-corrected chi connectivity index (χ4v) is 3.36. The van der Waals surface area contributed by atoms with Gasteiger partial charge >= 0.3 is 0 Å². The number of piperidine rings is 1. The predicted molar refractivity (Wildman–Crippen MR) is 96.0 cm³/mol. The van der Waals surface area contributed by atoms with Crippen LogP contribution in [-0.4, -0.2) is 65.4 Å². The van der Waals surface area contributed by atoms with Gasteiger partial charge in [-0.05, 0) is 12.8 Å². The van der Waals surface area contributed by atoms with Gasteiger partial charge in [0.05, 0.1) is 19.4 Å². The van der Waals surface area contributed by atoms with Crippen LogP contribution in [0, 0.1) is 0 Å². The minimum absolute atomic E-state index is 0.336. The van der Waals surface area contributed by atoms with E-state index >= 15 is 0 Å². The van der Waals surface area contributed by atoms with Gasteiger partial charge in [-0.1, -0.05) is 0 Å². The Morgan fingerprint density at radius 3 is 2.76 bits per heavy atom. The van der Waals surface area contributed by atoms with Crippen molar-refractivity contribution in [2.75, 3.05) is 54.5 Å². The third kappa shape index (κ3) is 3.96. The first kappa shape index (κ1) is 16.0. The number of nitrogens with zero attached hydrogens (tertiary/aromatic N) is 6. The molecule has 0 bridgehead atoms. The summed E-state index contributed by atoms with van der Waals surface area (Å²) in [5.74, 6) is 2.77. The molecular weight excluding hydrogens is 318 g/mol. The Labute approximate surface area is 147 Å². The molecule has 2 aromatic rings. The first-order valence-corrected chi connectivity index (χ1v) is 8.81. The van der Waals surface area contributed by atoms with E-state index in [-0.39, 0.29) is 0 Å². The number of anilines is 3. The molecule has 2 aliphatic heterocycles. The number of nitrogens with one attached hydrogen (secondary N) is 1. The highest BCUT2D eigenvalue weighted by Gasteiger charge is 2.21. The fourth-order valence-electron chi connectivity index (χ4n) is 3.36. The van der Waals surface area contributed by atoms with E-state index in [0.717, 1.165) is 69.7 Å². The van der Waals surface area contributed by atoms with Crippen molar-refractivity contribution in [3.8, 4) is 0 Å². The summed E-state index contributed by atoms with van der Waals surface area (Å²) >= 11 is 0. The number of aromatic nitrogens is 4. The van der Waals surface area contributed by atoms with Gasteiger partial charge in [-0.2, -0.15) is 0 Å². The van der Waals surface area contributed by atoms with Crippen LogP contribution < -0.4 is 15.1 Å². The molecule has 0 aromatic carbocycles. The zero-order valence-electron chi connectivity index (χ0n) is 14.2. The molecule has 2 saturated heterocycles. The van der Waals surface area contributed by atoms with E-state index in [4.69, 9.17) is 4.74 Å². The average molecular weight is 341 g/mol. The van der Waals surface area contributed by atoms with Crippen molar-refractivity contribution in [1.29, 1.82) is 0 Å². The molecule has 8 nitrogen and oxygen atoms in total. The highest BCUT2D eigenvalue weighted by molar-refractivity contribution is 5.49. The van der Waals surface area contributed by atoms with Crippen LogP contribution in [0.3, 0.4) is 0 Å². The molecule has 1 atom stereocenters. The van der Waals surface area contributed by atoms with E-state index in [1.165, 1.54) is 0 Å². The monoisotopic (exact) mass is 341 g/mol. The molecule has 0 amide bonds. The minimum atomic E-state index is 0.336. The SMILES string of the molecule is c1cnc(N2CCC[C@@H](Nc3cc(N4CCOCC4)ncn3)C2)cn1. The largest absolute Gasteiger partial charge is 0.378 e. The highest BCUT2D eigenvalue weighted by atomic mass is 16.5. The summed E-state index contributed by atoms with van der Waals surface area (Å²) in [6.45, 7) is 5.17. The van der Waals surface area contributed by atoms with Gasteiger partial charge in [0.2, 0.25) is 0 Å². The Morgan fingerprint density at radius 2 is 1.92 bits per heavy atom. The zero-order chi connectivity index (χ0) is 16.9. The van der Waals surface area contributed by atoms with Crippen LogP contribution in [0.5, 0.6) is 0 Å². The lowest BCUT2D eigenvalue weighted by Gasteiger charge is -2.34. The van der Waals surface area contributed by atoms with Crippen LogP contribution in [-0.2, 0) is 4.74 Å². The Balaban J connectivity index is 1.41. The van der Waals surface area contributed by atoms with E-state index in [1.807, 2.05) is 12.3 Å². The van der Waals surface area contributed by atoms with Gasteiger partial charge in [-0.3, -0.25) is 4.98 Å². The number of rotatable bonds is 4. The molecule has 0 spiro atoms. The van der Waals surface area contributed by atoms with Crippen LogP contribution >= 0.6 is 0 Å². The van der Waals surface area contributed by atoms with Crippen LogP contribution in [0.15, 0.2) is 31.0 Å². The molecule has 4 heterocycles. The van der Waals surface area contributed by atoms with Gasteiger partial charge in [-0.25, -0.2) is 15.0 Å². The smallest absolute Gasteiger partial charge is 0.147 e. The van der Waals surface area contributed by atoms with Crippen molar-refractivity contribution in [3.05, 3.63) is 31.0 Å². The Morgan fingerprint density at radius 1 is 1.00 bits per heavy atom. The third-order valence-corrected chi connectivity index (χ3v) is 4.63. The lowest BCUT2D eigenvalue weighted by atomic mass is 10.1. The summed E-state index contributed by atoms with van der Waals surface area (Å²) in [5, 5.41) is 3.56. The van der Waals surface area contributed by atoms with Gasteiger partial charge in [0.25, 0.3) is 0 Å². The van der Waals surface area contributed by atoms with Crippen molar-refractivity contribution in [2.45, 2.75) is 18.9 Å². The number of hydrogen-bond donors (Lipinski definition) is 1. The summed E-state index contributed by atoms with van der Waals surface area (Å²) in [5.41, 5.74) is 0. The molecule has 25 heavy (non-hydrogen) atoms. The van der Waals surface area contributed by atoms with Gasteiger partial charge in [0, 0.05) is 50.7 Å². The van der Waals surface area contributed by atoms with Gasteiger partial charge in [-0.15, -0.1) is 0 Å². The van der Waals surface area contributed by atoms with Crippen molar-refractivity contribution >= 4 is 17.5 Å². The average Bonchev–Trinajstić information content (AvgIpc) is 2.70. The lowest BCUT2D eigenvalue weighted by molar-refractivity contribution is 0.122. The van der Waals surface area contributed by atoms with Crippen LogP contribution in [0.1, 0.15) is 12.8 Å². The maximum absolute atomic E-state index is 5.41. The van der Waals surface area contributed by atoms with Crippen LogP contribution in [0.25, 0.3) is 0 Å². The summed E-state index contributed by atoms with van der Waals surface area (Å²) in [6, 6.07) is 2.37. The third-order valence-electron chi connectivity index (χ3n) is 4.63. The van der Waals surface area contributed by atoms with Crippen molar-refractivity contribution in [2.24, 2.45) is 0 Å². The Kier molecular flexibility index (Phi) is 4.87. The fraction of sp³-hybridized carbons (Fsp3) is 0.529. The quantitative estimate of drug-likeness (QED) is 0.888. The predicted octanol–water partition coefficient (Wildman–Crippen LogP) is 1.18. The van der Waals surface area contributed by atoms with E-state index in [2.05, 4.69) is 35.1 Å². The highest BCUT2D eigenvalue weighted by Crippen LogP contribution is 2.21. The van der Waals surface area contributed by atoms with Gasteiger partial charge in [0.1, 0.15) is 23.8 Å². The lowest BCUT2D eigenvalue weighted by Crippen LogP contribution is -2.42. The normalized spacial score (nSPS) is 21.2. The molecule has 0 saturated carbocycles. The van der Waals surface area contributed by atoms with Gasteiger partial charge < -0.3 is 19.9 Å². The molecule has 4 rings (SSSR count). The van der Waals surface area contributed by atoms with E-state index in [0.29, 0.717) is 6.04 Å². The number of morpholine rings is 1. The molecule has 2 fully saturated rings. The first-order valence-electron chi connectivity index (χ1n) is 8.81. The van der Waals surface area contributed by atoms with Crippen molar-refractivity contribution < 1.29 is 4.74 Å². The number of ether oxygens (including phenoxy) is 1. The summed E-state index contributed by atoms with van der Waals surface area (Å²) in [7, 11) is 0. The molecule has 8 heteroatoms. The van der Waals surface area contributed by atoms with Crippen LogP contribution in [0.2, 0.25) is 0 Å². The summed E-state index contributed by atoms with van der Waals surface area (Å²) < 4.78 is 5.41. The minimum Gasteiger partial charge on any atom is -0.378 e. The first-order chi connectivity index (χ1) is 12.4. The molecule has 132 valence electrons. The molecule has 2 aliphatic rings. The molecule has 0 radical (unpaired) electrons. The molecule has 1 N–H and O–H groups in total. The zero-order valence-corrected chi connectivity index (χ0v) is 14.2. The maximum Gasteiger partial charge on any atom is 0.147 e. The van der Waals surface area contributed by atoms with Crippen molar-refractivity contribution in [3.63, 3.8) is 0 Å². The van der Waals surface area contributed by atoms with Crippen molar-refractivity contribution in [1.82, 2.24) is 19.9 Å². The Hall–Kier alpha value is -2.48. The molecule has 0 aliphatic carbocycles. The van der Waals surface area contributed by atoms with Crippen LogP contribution in [0.4, 0.5) is 17.5 Å². The van der Waals surface area contributed by atoms with Gasteiger partial charge in [0.15, 0.2) is 0 Å². The summed E-state index contributed by atoms with van der Waals surface area (Å²) in [6.07, 6.45) is 9.14. The molecule has 2 aromatic heterocycles. The molecular formula is C17H23N7O. The standard InChI is InChI=1S/C17H23N7O/c1-2-14(12-24(5-1)17-11-18-3-4-19-17)22-15-10-16(21-13-20-15)23-6-8-25-9-7-23/h3-4,10-11,13-14H,1-2,5-9,12H2,(H,20,21,22)/t14-/m1/s1. The second-order valence-corrected chi connectivity index (χ2v) is 6.35. The Bertz CT molecular complexity index is 678.